The molecule has 7 heteroatoms. The van der Waals surface area contributed by atoms with Crippen molar-refractivity contribution >= 4 is 23.0 Å². The van der Waals surface area contributed by atoms with Crippen LogP contribution >= 0.6 is 0 Å². The first kappa shape index (κ1) is 24.7. The Balaban J connectivity index is 1.69. The van der Waals surface area contributed by atoms with Crippen LogP contribution in [0.2, 0.25) is 0 Å². The second kappa shape index (κ2) is 10.1. The predicted octanol–water partition coefficient (Wildman–Crippen LogP) is 5.94. The zero-order chi connectivity index (χ0) is 25.9. The summed E-state index contributed by atoms with van der Waals surface area (Å²) in [6, 6.07) is 22.0. The lowest BCUT2D eigenvalue weighted by Crippen LogP contribution is -2.39. The number of esters is 1. The number of hydrogen-bond donors (Lipinski definition) is 1. The van der Waals surface area contributed by atoms with E-state index in [2.05, 4.69) is 5.32 Å². The topological polar surface area (TPSA) is 94.8 Å². The van der Waals surface area contributed by atoms with Crippen molar-refractivity contribution in [2.45, 2.75) is 39.3 Å². The number of aryl methyl sites for hydroxylation is 1. The number of alkyl carbamates (subject to hydrolysis) is 1. The maximum atomic E-state index is 13.3. The van der Waals surface area contributed by atoms with Crippen molar-refractivity contribution in [3.63, 3.8) is 0 Å². The highest BCUT2D eigenvalue weighted by Gasteiger charge is 2.28. The highest BCUT2D eigenvalue weighted by atomic mass is 16.6. The highest BCUT2D eigenvalue weighted by Crippen LogP contribution is 2.33. The fourth-order valence-corrected chi connectivity index (χ4v) is 3.83. The molecule has 1 amide bonds. The highest BCUT2D eigenvalue weighted by molar-refractivity contribution is 5.96. The molecule has 0 radical (unpaired) electrons. The summed E-state index contributed by atoms with van der Waals surface area (Å²) >= 11 is 0. The standard InChI is InChI=1S/C29H27NO6/c1-18-23(16-15-21-22(17-24(31)35-26(18)21)19-11-7-5-8-12-19)34-27(32)25(20-13-9-6-10-14-20)30-28(33)36-29(2,3)4/h5-17,25H,1-4H3,(H,30,33)/t25-/m1/s1. The molecule has 0 bridgehead atoms. The lowest BCUT2D eigenvalue weighted by atomic mass is 10.00. The molecule has 36 heavy (non-hydrogen) atoms. The average molecular weight is 486 g/mol. The number of ether oxygens (including phenoxy) is 2. The zero-order valence-electron chi connectivity index (χ0n) is 20.5. The van der Waals surface area contributed by atoms with Gasteiger partial charge in [0, 0.05) is 17.0 Å². The van der Waals surface area contributed by atoms with Gasteiger partial charge in [-0.1, -0.05) is 60.7 Å². The number of carbonyl (C=O) groups is 2. The Morgan fingerprint density at radius 2 is 1.56 bits per heavy atom. The fraction of sp³-hybridized carbons (Fsp3) is 0.207. The molecule has 1 aromatic heterocycles. The second-order valence-electron chi connectivity index (χ2n) is 9.32. The van der Waals surface area contributed by atoms with E-state index in [4.69, 9.17) is 13.9 Å². The molecule has 0 saturated heterocycles. The summed E-state index contributed by atoms with van der Waals surface area (Å²) in [7, 11) is 0. The van der Waals surface area contributed by atoms with E-state index in [1.165, 1.54) is 6.07 Å². The first-order valence-electron chi connectivity index (χ1n) is 11.5. The van der Waals surface area contributed by atoms with Crippen LogP contribution in [0.3, 0.4) is 0 Å². The van der Waals surface area contributed by atoms with Crippen molar-refractivity contribution in [3.05, 3.63) is 100 Å². The summed E-state index contributed by atoms with van der Waals surface area (Å²) in [5, 5.41) is 3.31. The van der Waals surface area contributed by atoms with Crippen LogP contribution in [0.1, 0.15) is 37.9 Å². The van der Waals surface area contributed by atoms with Crippen LogP contribution in [-0.2, 0) is 9.53 Å². The Kier molecular flexibility index (Phi) is 6.92. The normalized spacial score (nSPS) is 12.1. The Morgan fingerprint density at radius 1 is 0.917 bits per heavy atom. The van der Waals surface area contributed by atoms with Crippen molar-refractivity contribution in [2.75, 3.05) is 0 Å². The smallest absolute Gasteiger partial charge is 0.408 e. The monoisotopic (exact) mass is 485 g/mol. The zero-order valence-corrected chi connectivity index (χ0v) is 20.5. The molecular weight excluding hydrogens is 458 g/mol. The van der Waals surface area contributed by atoms with Crippen LogP contribution in [0.15, 0.2) is 88.1 Å². The molecule has 0 aliphatic carbocycles. The van der Waals surface area contributed by atoms with Crippen LogP contribution in [0.4, 0.5) is 4.79 Å². The quantitative estimate of drug-likeness (QED) is 0.214. The number of hydrogen-bond acceptors (Lipinski definition) is 6. The molecule has 0 aliphatic rings. The molecule has 4 rings (SSSR count). The van der Waals surface area contributed by atoms with Crippen molar-refractivity contribution < 1.29 is 23.5 Å². The molecule has 0 spiro atoms. The molecule has 1 atom stereocenters. The van der Waals surface area contributed by atoms with Crippen molar-refractivity contribution in [3.8, 4) is 16.9 Å². The molecule has 0 unspecified atom stereocenters. The van der Waals surface area contributed by atoms with E-state index in [-0.39, 0.29) is 5.75 Å². The number of fused-ring (bicyclic) bond motifs is 1. The molecule has 3 aromatic carbocycles. The lowest BCUT2D eigenvalue weighted by Gasteiger charge is -2.23. The molecule has 0 fully saturated rings. The first-order chi connectivity index (χ1) is 17.1. The molecule has 0 aliphatic heterocycles. The van der Waals surface area contributed by atoms with Gasteiger partial charge >= 0.3 is 17.7 Å². The third kappa shape index (κ3) is 5.63. The van der Waals surface area contributed by atoms with Crippen LogP contribution in [-0.4, -0.2) is 17.7 Å². The van der Waals surface area contributed by atoms with Gasteiger partial charge < -0.3 is 19.2 Å². The average Bonchev–Trinajstić information content (AvgIpc) is 2.84. The summed E-state index contributed by atoms with van der Waals surface area (Å²) < 4.78 is 16.6. The molecule has 1 N–H and O–H groups in total. The van der Waals surface area contributed by atoms with E-state index in [0.717, 1.165) is 11.1 Å². The van der Waals surface area contributed by atoms with E-state index in [1.54, 1.807) is 70.2 Å². The second-order valence-corrected chi connectivity index (χ2v) is 9.32. The maximum absolute atomic E-state index is 13.3. The molecule has 184 valence electrons. The van der Waals surface area contributed by atoms with E-state index in [0.29, 0.717) is 22.1 Å². The number of rotatable bonds is 5. The summed E-state index contributed by atoms with van der Waals surface area (Å²) in [6.45, 7) is 6.91. The predicted molar refractivity (Wildman–Crippen MR) is 137 cm³/mol. The molecular formula is C29H27NO6. The SMILES string of the molecule is Cc1c(OC(=O)[C@H](NC(=O)OC(C)(C)C)c2ccccc2)ccc2c(-c3ccccc3)cc(=O)oc12. The van der Waals surface area contributed by atoms with Gasteiger partial charge in [0.25, 0.3) is 0 Å². The summed E-state index contributed by atoms with van der Waals surface area (Å²) in [5.74, 6) is -0.496. The van der Waals surface area contributed by atoms with E-state index in [1.807, 2.05) is 30.3 Å². The minimum atomic E-state index is -1.11. The van der Waals surface area contributed by atoms with Gasteiger partial charge in [0.05, 0.1) is 0 Å². The minimum absolute atomic E-state index is 0.216. The lowest BCUT2D eigenvalue weighted by molar-refractivity contribution is -0.137. The summed E-state index contributed by atoms with van der Waals surface area (Å²) in [4.78, 5) is 38.1. The van der Waals surface area contributed by atoms with Crippen molar-refractivity contribution in [1.29, 1.82) is 0 Å². The van der Waals surface area contributed by atoms with Crippen molar-refractivity contribution in [1.82, 2.24) is 5.32 Å². The third-order valence-electron chi connectivity index (χ3n) is 5.44. The number of carbonyl (C=O) groups excluding carboxylic acids is 2. The Bertz CT molecular complexity index is 1450. The van der Waals surface area contributed by atoms with E-state index < -0.39 is 29.3 Å². The van der Waals surface area contributed by atoms with Crippen LogP contribution in [0.25, 0.3) is 22.1 Å². The van der Waals surface area contributed by atoms with Gasteiger partial charge in [-0.2, -0.15) is 0 Å². The van der Waals surface area contributed by atoms with Gasteiger partial charge in [0.2, 0.25) is 0 Å². The number of amides is 1. The van der Waals surface area contributed by atoms with Crippen molar-refractivity contribution in [2.24, 2.45) is 0 Å². The van der Waals surface area contributed by atoms with Gasteiger partial charge in [-0.05, 0) is 56.5 Å². The number of nitrogens with one attached hydrogen (secondary N) is 1. The van der Waals surface area contributed by atoms with Gasteiger partial charge in [0.15, 0.2) is 6.04 Å². The van der Waals surface area contributed by atoms with Crippen LogP contribution < -0.4 is 15.7 Å². The fourth-order valence-electron chi connectivity index (χ4n) is 3.83. The largest absolute Gasteiger partial charge is 0.444 e. The number of benzene rings is 3. The first-order valence-corrected chi connectivity index (χ1v) is 11.5. The molecule has 4 aromatic rings. The third-order valence-corrected chi connectivity index (χ3v) is 5.44. The molecule has 7 nitrogen and oxygen atoms in total. The minimum Gasteiger partial charge on any atom is -0.444 e. The summed E-state index contributed by atoms with van der Waals surface area (Å²) in [5.41, 5.74) is 1.68. The van der Waals surface area contributed by atoms with E-state index in [9.17, 15) is 14.4 Å². The van der Waals surface area contributed by atoms with Gasteiger partial charge in [-0.3, -0.25) is 0 Å². The summed E-state index contributed by atoms with van der Waals surface area (Å²) in [6.07, 6.45) is -0.748. The van der Waals surface area contributed by atoms with Gasteiger partial charge in [-0.25, -0.2) is 14.4 Å². The van der Waals surface area contributed by atoms with E-state index >= 15 is 0 Å². The van der Waals surface area contributed by atoms with Crippen LogP contribution in [0.5, 0.6) is 5.75 Å². The maximum Gasteiger partial charge on any atom is 0.408 e. The van der Waals surface area contributed by atoms with Crippen LogP contribution in [0, 0.1) is 6.92 Å². The Hall–Kier alpha value is -4.39. The molecule has 1 heterocycles. The van der Waals surface area contributed by atoms with Gasteiger partial charge in [-0.15, -0.1) is 0 Å². The Morgan fingerprint density at radius 3 is 2.19 bits per heavy atom. The molecule has 0 saturated carbocycles. The Labute approximate surface area is 208 Å². The van der Waals surface area contributed by atoms with Gasteiger partial charge in [0.1, 0.15) is 16.9 Å².